The predicted octanol–water partition coefficient (Wildman–Crippen LogP) is 5.36. The zero-order valence-electron chi connectivity index (χ0n) is 17.6. The Bertz CT molecular complexity index is 951. The summed E-state index contributed by atoms with van der Waals surface area (Å²) in [6.07, 6.45) is 2.38. The van der Waals surface area contributed by atoms with Gasteiger partial charge in [0, 0.05) is 45.9 Å². The van der Waals surface area contributed by atoms with Gasteiger partial charge >= 0.3 is 0 Å². The van der Waals surface area contributed by atoms with Crippen molar-refractivity contribution in [3.63, 3.8) is 0 Å². The van der Waals surface area contributed by atoms with E-state index in [0.29, 0.717) is 13.0 Å². The Morgan fingerprint density at radius 3 is 2.46 bits per heavy atom. The third kappa shape index (κ3) is 5.09. The Morgan fingerprint density at radius 2 is 1.86 bits per heavy atom. The molecule has 0 aliphatic rings. The first kappa shape index (κ1) is 20.7. The van der Waals surface area contributed by atoms with Crippen molar-refractivity contribution in [1.82, 2.24) is 9.55 Å². The summed E-state index contributed by atoms with van der Waals surface area (Å²) in [6, 6.07) is 12.0. The molecule has 0 saturated heterocycles. The molecule has 0 aliphatic heterocycles. The number of aromatic nitrogens is 2. The summed E-state index contributed by atoms with van der Waals surface area (Å²) in [6.45, 7) is 10.8. The normalized spacial score (nSPS) is 12.5. The lowest BCUT2D eigenvalue weighted by Crippen LogP contribution is -2.24. The van der Waals surface area contributed by atoms with Crippen molar-refractivity contribution in [3.05, 3.63) is 54.0 Å². The number of aryl methyl sites for hydroxylation is 1. The monoisotopic (exact) mass is 398 g/mol. The zero-order valence-corrected chi connectivity index (χ0v) is 18.4. The molecule has 5 heteroatoms. The van der Waals surface area contributed by atoms with E-state index in [-0.39, 0.29) is 4.75 Å². The van der Waals surface area contributed by atoms with E-state index in [1.807, 2.05) is 49.9 Å². The zero-order chi connectivity index (χ0) is 20.5. The van der Waals surface area contributed by atoms with Crippen molar-refractivity contribution in [2.75, 3.05) is 0 Å². The van der Waals surface area contributed by atoms with E-state index in [4.69, 9.17) is 4.74 Å². The number of pyridine rings is 1. The number of thioether (sulfide) groups is 1. The van der Waals surface area contributed by atoms with Gasteiger partial charge in [0.15, 0.2) is 0 Å². The summed E-state index contributed by atoms with van der Waals surface area (Å²) in [5, 5.41) is 11.6. The molecule has 0 amide bonds. The minimum atomic E-state index is -0.770. The highest BCUT2D eigenvalue weighted by atomic mass is 32.2. The summed E-state index contributed by atoms with van der Waals surface area (Å²) in [5.41, 5.74) is 2.44. The van der Waals surface area contributed by atoms with Crippen LogP contribution in [0.25, 0.3) is 10.9 Å². The molecule has 0 atom stereocenters. The van der Waals surface area contributed by atoms with E-state index in [9.17, 15) is 5.11 Å². The van der Waals surface area contributed by atoms with Gasteiger partial charge in [0.25, 0.3) is 0 Å². The summed E-state index contributed by atoms with van der Waals surface area (Å²) in [4.78, 5) is 5.54. The maximum absolute atomic E-state index is 10.5. The van der Waals surface area contributed by atoms with Gasteiger partial charge in [-0.25, -0.2) is 0 Å². The quantitative estimate of drug-likeness (QED) is 0.568. The van der Waals surface area contributed by atoms with Gasteiger partial charge in [-0.15, -0.1) is 11.8 Å². The smallest absolute Gasteiger partial charge is 0.130 e. The van der Waals surface area contributed by atoms with Crippen molar-refractivity contribution in [1.29, 1.82) is 0 Å². The van der Waals surface area contributed by atoms with Gasteiger partial charge in [-0.3, -0.25) is 4.98 Å². The van der Waals surface area contributed by atoms with Crippen molar-refractivity contribution in [2.24, 2.45) is 7.05 Å². The van der Waals surface area contributed by atoms with E-state index < -0.39 is 5.60 Å². The lowest BCUT2D eigenvalue weighted by atomic mass is 10.0. The molecule has 0 unspecified atom stereocenters. The first-order chi connectivity index (χ1) is 13.0. The highest BCUT2D eigenvalue weighted by Gasteiger charge is 2.25. The van der Waals surface area contributed by atoms with E-state index in [0.717, 1.165) is 22.7 Å². The molecule has 1 N–H and O–H groups in total. The van der Waals surface area contributed by atoms with Crippen molar-refractivity contribution in [3.8, 4) is 5.75 Å². The number of ether oxygens (including phenoxy) is 1. The number of nitrogens with zero attached hydrogens (tertiary/aromatic N) is 2. The number of rotatable bonds is 6. The van der Waals surface area contributed by atoms with E-state index in [2.05, 4.69) is 49.5 Å². The Hall–Kier alpha value is -1.98. The third-order valence-electron chi connectivity index (χ3n) is 4.36. The second kappa shape index (κ2) is 7.80. The second-order valence-corrected chi connectivity index (χ2v) is 10.7. The van der Waals surface area contributed by atoms with Crippen LogP contribution in [0.3, 0.4) is 0 Å². The Balaban J connectivity index is 2.01. The standard InChI is InChI=1S/C23H30N2O2S/c1-22(2,3)28-21-18-13-17(27-15-16-9-7-8-12-24-16)10-11-19(18)25(6)20(21)14-23(4,5)26/h7-13,26H,14-15H2,1-6H3. The maximum Gasteiger partial charge on any atom is 0.130 e. The van der Waals surface area contributed by atoms with E-state index in [1.165, 1.54) is 10.3 Å². The maximum atomic E-state index is 10.5. The lowest BCUT2D eigenvalue weighted by molar-refractivity contribution is 0.0786. The molecule has 0 bridgehead atoms. The van der Waals surface area contributed by atoms with Crippen LogP contribution in [0.1, 0.15) is 46.0 Å². The van der Waals surface area contributed by atoms with E-state index in [1.54, 1.807) is 6.20 Å². The Labute approximate surface area is 171 Å². The van der Waals surface area contributed by atoms with Gasteiger partial charge in [-0.2, -0.15) is 0 Å². The molecule has 3 aromatic rings. The summed E-state index contributed by atoms with van der Waals surface area (Å²) in [5.74, 6) is 0.828. The van der Waals surface area contributed by atoms with Gasteiger partial charge < -0.3 is 14.4 Å². The Kier molecular flexibility index (Phi) is 5.78. The van der Waals surface area contributed by atoms with Crippen LogP contribution in [0.5, 0.6) is 5.75 Å². The van der Waals surface area contributed by atoms with Gasteiger partial charge in [0.05, 0.1) is 11.3 Å². The highest BCUT2D eigenvalue weighted by Crippen LogP contribution is 2.42. The second-order valence-electron chi connectivity index (χ2n) is 8.83. The largest absolute Gasteiger partial charge is 0.487 e. The summed E-state index contributed by atoms with van der Waals surface area (Å²) in [7, 11) is 2.07. The lowest BCUT2D eigenvalue weighted by Gasteiger charge is -2.22. The topological polar surface area (TPSA) is 47.3 Å². The fourth-order valence-corrected chi connectivity index (χ4v) is 4.41. The molecule has 1 aromatic carbocycles. The molecule has 150 valence electrons. The predicted molar refractivity (Wildman–Crippen MR) is 117 cm³/mol. The van der Waals surface area contributed by atoms with Crippen LogP contribution < -0.4 is 4.74 Å². The van der Waals surface area contributed by atoms with Crippen LogP contribution in [0.4, 0.5) is 0 Å². The molecule has 2 aromatic heterocycles. The first-order valence-corrected chi connectivity index (χ1v) is 10.4. The molecule has 4 nitrogen and oxygen atoms in total. The minimum absolute atomic E-state index is 0.0629. The average molecular weight is 399 g/mol. The number of hydrogen-bond acceptors (Lipinski definition) is 4. The van der Waals surface area contributed by atoms with Crippen molar-refractivity contribution in [2.45, 2.75) is 62.9 Å². The molecule has 3 rings (SSSR count). The fraction of sp³-hybridized carbons (Fsp3) is 0.435. The molecular weight excluding hydrogens is 368 g/mol. The van der Waals surface area contributed by atoms with Crippen LogP contribution in [0.15, 0.2) is 47.5 Å². The van der Waals surface area contributed by atoms with Gasteiger partial charge in [0.2, 0.25) is 0 Å². The fourth-order valence-electron chi connectivity index (χ4n) is 3.20. The SMILES string of the molecule is Cn1c(CC(C)(C)O)c(SC(C)(C)C)c2cc(OCc3ccccn3)ccc21. The van der Waals surface area contributed by atoms with Crippen LogP contribution in [0, 0.1) is 0 Å². The Morgan fingerprint density at radius 1 is 1.11 bits per heavy atom. The number of fused-ring (bicyclic) bond motifs is 1. The minimum Gasteiger partial charge on any atom is -0.487 e. The van der Waals surface area contributed by atoms with Gasteiger partial charge in [0.1, 0.15) is 12.4 Å². The highest BCUT2D eigenvalue weighted by molar-refractivity contribution is 8.00. The van der Waals surface area contributed by atoms with Gasteiger partial charge in [-0.1, -0.05) is 26.8 Å². The number of aliphatic hydroxyl groups is 1. The van der Waals surface area contributed by atoms with Crippen LogP contribution in [-0.4, -0.2) is 25.0 Å². The van der Waals surface area contributed by atoms with E-state index >= 15 is 0 Å². The van der Waals surface area contributed by atoms with Crippen LogP contribution in [0.2, 0.25) is 0 Å². The van der Waals surface area contributed by atoms with Crippen LogP contribution in [-0.2, 0) is 20.1 Å². The number of hydrogen-bond donors (Lipinski definition) is 1. The molecular formula is C23H30N2O2S. The summed E-state index contributed by atoms with van der Waals surface area (Å²) < 4.78 is 8.27. The molecule has 0 saturated carbocycles. The summed E-state index contributed by atoms with van der Waals surface area (Å²) >= 11 is 1.84. The molecule has 0 fully saturated rings. The molecule has 0 spiro atoms. The number of benzene rings is 1. The molecule has 28 heavy (non-hydrogen) atoms. The van der Waals surface area contributed by atoms with Crippen LogP contribution >= 0.6 is 11.8 Å². The van der Waals surface area contributed by atoms with Crippen molar-refractivity contribution >= 4 is 22.7 Å². The third-order valence-corrected chi connectivity index (χ3v) is 5.63. The first-order valence-electron chi connectivity index (χ1n) is 9.59. The van der Waals surface area contributed by atoms with Gasteiger partial charge in [-0.05, 0) is 44.2 Å². The average Bonchev–Trinajstić information content (AvgIpc) is 2.83. The van der Waals surface area contributed by atoms with Crippen molar-refractivity contribution < 1.29 is 9.84 Å². The molecule has 0 aliphatic carbocycles. The molecule has 0 radical (unpaired) electrons. The molecule has 2 heterocycles.